The summed E-state index contributed by atoms with van der Waals surface area (Å²) in [5.74, 6) is 0.599. The Bertz CT molecular complexity index is 299. The quantitative estimate of drug-likeness (QED) is 0.773. The van der Waals surface area contributed by atoms with Crippen molar-refractivity contribution in [2.45, 2.75) is 25.8 Å². The molecule has 15 heavy (non-hydrogen) atoms. The van der Waals surface area contributed by atoms with Crippen LogP contribution in [0, 0.1) is 12.8 Å². The van der Waals surface area contributed by atoms with Gasteiger partial charge in [0.05, 0.1) is 0 Å². The van der Waals surface area contributed by atoms with E-state index in [-0.39, 0.29) is 6.04 Å². The molecule has 1 aliphatic heterocycles. The Balaban J connectivity index is 2.05. The molecule has 3 N–H and O–H groups in total. The highest BCUT2D eigenvalue weighted by atomic mass is 14.9. The van der Waals surface area contributed by atoms with Gasteiger partial charge in [0.1, 0.15) is 0 Å². The Hall–Kier alpha value is -0.860. The molecule has 0 bridgehead atoms. The molecule has 2 atom stereocenters. The third-order valence-corrected chi connectivity index (χ3v) is 3.31. The fourth-order valence-corrected chi connectivity index (χ4v) is 2.25. The minimum atomic E-state index is 0.193. The summed E-state index contributed by atoms with van der Waals surface area (Å²) in [5.41, 5.74) is 8.85. The number of aryl methyl sites for hydroxylation is 1. The minimum Gasteiger partial charge on any atom is -0.324 e. The summed E-state index contributed by atoms with van der Waals surface area (Å²) in [5, 5.41) is 3.42. The smallest absolute Gasteiger partial charge is 0.0335 e. The van der Waals surface area contributed by atoms with Crippen molar-refractivity contribution >= 4 is 0 Å². The van der Waals surface area contributed by atoms with Gasteiger partial charge in [-0.25, -0.2) is 0 Å². The maximum absolute atomic E-state index is 6.28. The van der Waals surface area contributed by atoms with Crippen LogP contribution in [-0.4, -0.2) is 13.1 Å². The van der Waals surface area contributed by atoms with Crippen molar-refractivity contribution in [2.75, 3.05) is 13.1 Å². The second-order valence-electron chi connectivity index (χ2n) is 4.54. The van der Waals surface area contributed by atoms with Crippen molar-refractivity contribution in [1.29, 1.82) is 0 Å². The Kier molecular flexibility index (Phi) is 3.39. The molecule has 1 aromatic rings. The van der Waals surface area contributed by atoms with Crippen molar-refractivity contribution < 1.29 is 0 Å². The van der Waals surface area contributed by atoms with Crippen LogP contribution in [0.3, 0.4) is 0 Å². The topological polar surface area (TPSA) is 38.0 Å². The van der Waals surface area contributed by atoms with Crippen LogP contribution in [0.25, 0.3) is 0 Å². The minimum absolute atomic E-state index is 0.193. The molecule has 2 nitrogen and oxygen atoms in total. The SMILES string of the molecule is Cc1ccc(C(N)C2CCCNC2)cc1. The van der Waals surface area contributed by atoms with Gasteiger partial charge in [0.25, 0.3) is 0 Å². The predicted molar refractivity (Wildman–Crippen MR) is 63.7 cm³/mol. The van der Waals surface area contributed by atoms with E-state index in [2.05, 4.69) is 36.5 Å². The number of hydrogen-bond donors (Lipinski definition) is 2. The number of hydrogen-bond acceptors (Lipinski definition) is 2. The first-order chi connectivity index (χ1) is 7.27. The molecule has 1 heterocycles. The van der Waals surface area contributed by atoms with Gasteiger partial charge in [-0.3, -0.25) is 0 Å². The third-order valence-electron chi connectivity index (χ3n) is 3.31. The summed E-state index contributed by atoms with van der Waals surface area (Å²) in [7, 11) is 0. The lowest BCUT2D eigenvalue weighted by molar-refractivity contribution is 0.326. The fourth-order valence-electron chi connectivity index (χ4n) is 2.25. The van der Waals surface area contributed by atoms with E-state index in [9.17, 15) is 0 Å². The first-order valence-electron chi connectivity index (χ1n) is 5.80. The number of nitrogens with two attached hydrogens (primary N) is 1. The fraction of sp³-hybridized carbons (Fsp3) is 0.538. The summed E-state index contributed by atoms with van der Waals surface area (Å²) in [6.07, 6.45) is 2.51. The zero-order valence-electron chi connectivity index (χ0n) is 9.37. The predicted octanol–water partition coefficient (Wildman–Crippen LogP) is 1.99. The second kappa shape index (κ2) is 4.77. The van der Waals surface area contributed by atoms with Gasteiger partial charge in [-0.15, -0.1) is 0 Å². The van der Waals surface area contributed by atoms with E-state index in [0.29, 0.717) is 5.92 Å². The van der Waals surface area contributed by atoms with Gasteiger partial charge in [0.2, 0.25) is 0 Å². The lowest BCUT2D eigenvalue weighted by Crippen LogP contribution is -2.36. The maximum atomic E-state index is 6.28. The summed E-state index contributed by atoms with van der Waals surface area (Å²) < 4.78 is 0. The molecule has 2 unspecified atom stereocenters. The first kappa shape index (κ1) is 10.7. The molecular formula is C13H20N2. The average molecular weight is 204 g/mol. The van der Waals surface area contributed by atoms with Gasteiger partial charge >= 0.3 is 0 Å². The van der Waals surface area contributed by atoms with Gasteiger partial charge in [0.15, 0.2) is 0 Å². The van der Waals surface area contributed by atoms with Crippen molar-refractivity contribution in [3.63, 3.8) is 0 Å². The van der Waals surface area contributed by atoms with E-state index in [1.165, 1.54) is 24.0 Å². The molecule has 1 aliphatic rings. The first-order valence-corrected chi connectivity index (χ1v) is 5.80. The highest BCUT2D eigenvalue weighted by Gasteiger charge is 2.21. The van der Waals surface area contributed by atoms with E-state index in [1.54, 1.807) is 0 Å². The molecule has 1 saturated heterocycles. The van der Waals surface area contributed by atoms with Crippen molar-refractivity contribution in [3.8, 4) is 0 Å². The van der Waals surface area contributed by atoms with E-state index in [1.807, 2.05) is 0 Å². The van der Waals surface area contributed by atoms with Gasteiger partial charge in [0, 0.05) is 6.04 Å². The molecule has 1 fully saturated rings. The van der Waals surface area contributed by atoms with Crippen LogP contribution in [0.5, 0.6) is 0 Å². The zero-order valence-corrected chi connectivity index (χ0v) is 9.37. The Labute approximate surface area is 91.9 Å². The average Bonchev–Trinajstić information content (AvgIpc) is 2.30. The highest BCUT2D eigenvalue weighted by molar-refractivity contribution is 5.24. The van der Waals surface area contributed by atoms with Crippen LogP contribution in [0.4, 0.5) is 0 Å². The summed E-state index contributed by atoms with van der Waals surface area (Å²) in [4.78, 5) is 0. The van der Waals surface area contributed by atoms with Crippen LogP contribution >= 0.6 is 0 Å². The van der Waals surface area contributed by atoms with Gasteiger partial charge in [-0.1, -0.05) is 29.8 Å². The number of benzene rings is 1. The molecule has 82 valence electrons. The van der Waals surface area contributed by atoms with Crippen molar-refractivity contribution in [1.82, 2.24) is 5.32 Å². The largest absolute Gasteiger partial charge is 0.324 e. The van der Waals surface area contributed by atoms with Crippen LogP contribution in [0.15, 0.2) is 24.3 Å². The van der Waals surface area contributed by atoms with Crippen LogP contribution in [0.2, 0.25) is 0 Å². The second-order valence-corrected chi connectivity index (χ2v) is 4.54. The molecule has 2 heteroatoms. The molecule has 0 aliphatic carbocycles. The summed E-state index contributed by atoms with van der Waals surface area (Å²) in [6.45, 7) is 4.32. The molecule has 0 spiro atoms. The van der Waals surface area contributed by atoms with E-state index < -0.39 is 0 Å². The number of nitrogens with one attached hydrogen (secondary N) is 1. The molecule has 0 aromatic heterocycles. The lowest BCUT2D eigenvalue weighted by Gasteiger charge is -2.28. The van der Waals surface area contributed by atoms with E-state index in [4.69, 9.17) is 5.73 Å². The molecule has 2 rings (SSSR count). The Morgan fingerprint density at radius 3 is 2.67 bits per heavy atom. The summed E-state index contributed by atoms with van der Waals surface area (Å²) >= 11 is 0. The van der Waals surface area contributed by atoms with E-state index >= 15 is 0 Å². The van der Waals surface area contributed by atoms with Crippen molar-refractivity contribution in [3.05, 3.63) is 35.4 Å². The van der Waals surface area contributed by atoms with Crippen molar-refractivity contribution in [2.24, 2.45) is 11.7 Å². The molecular weight excluding hydrogens is 184 g/mol. The molecule has 0 radical (unpaired) electrons. The number of rotatable bonds is 2. The highest BCUT2D eigenvalue weighted by Crippen LogP contribution is 2.25. The Morgan fingerprint density at radius 2 is 2.07 bits per heavy atom. The lowest BCUT2D eigenvalue weighted by atomic mass is 9.88. The van der Waals surface area contributed by atoms with Gasteiger partial charge < -0.3 is 11.1 Å². The number of piperidine rings is 1. The van der Waals surface area contributed by atoms with Gasteiger partial charge in [-0.05, 0) is 44.3 Å². The summed E-state index contributed by atoms with van der Waals surface area (Å²) in [6, 6.07) is 8.80. The van der Waals surface area contributed by atoms with Crippen LogP contribution < -0.4 is 11.1 Å². The normalized spacial score (nSPS) is 23.7. The molecule has 0 saturated carbocycles. The maximum Gasteiger partial charge on any atom is 0.0335 e. The monoisotopic (exact) mass is 204 g/mol. The zero-order chi connectivity index (χ0) is 10.7. The van der Waals surface area contributed by atoms with Gasteiger partial charge in [-0.2, -0.15) is 0 Å². The molecule has 1 aromatic carbocycles. The third kappa shape index (κ3) is 2.58. The van der Waals surface area contributed by atoms with E-state index in [0.717, 1.165) is 13.1 Å². The molecule has 0 amide bonds. The van der Waals surface area contributed by atoms with Crippen LogP contribution in [0.1, 0.15) is 30.0 Å². The van der Waals surface area contributed by atoms with Crippen LogP contribution in [-0.2, 0) is 0 Å². The standard InChI is InChI=1S/C13H20N2/c1-10-4-6-11(7-5-10)13(14)12-3-2-8-15-9-12/h4-7,12-13,15H,2-3,8-9,14H2,1H3. The Morgan fingerprint density at radius 1 is 1.33 bits per heavy atom.